The van der Waals surface area contributed by atoms with Crippen LogP contribution in [0.1, 0.15) is 13.8 Å². The molecule has 0 fully saturated rings. The zero-order valence-corrected chi connectivity index (χ0v) is 10.9. The molecule has 0 spiro atoms. The van der Waals surface area contributed by atoms with Crippen molar-refractivity contribution >= 4 is 21.9 Å². The molecule has 0 bridgehead atoms. The van der Waals surface area contributed by atoms with Crippen molar-refractivity contribution in [1.82, 2.24) is 15.0 Å². The molecular formula is C9H14BrFN4O. The molecule has 5 nitrogen and oxygen atoms in total. The predicted molar refractivity (Wildman–Crippen MR) is 62.6 cm³/mol. The van der Waals surface area contributed by atoms with Gasteiger partial charge in [-0.3, -0.25) is 0 Å². The molecule has 0 atom stereocenters. The Morgan fingerprint density at radius 1 is 1.25 bits per heavy atom. The Bertz CT molecular complexity index is 335. The number of aromatic nitrogens is 3. The van der Waals surface area contributed by atoms with Crippen LogP contribution in [0.2, 0.25) is 0 Å². The van der Waals surface area contributed by atoms with Crippen molar-refractivity contribution in [2.45, 2.75) is 13.8 Å². The van der Waals surface area contributed by atoms with E-state index in [0.717, 1.165) is 0 Å². The molecular weight excluding hydrogens is 279 g/mol. The Labute approximate surface area is 102 Å². The van der Waals surface area contributed by atoms with Crippen molar-refractivity contribution in [2.24, 2.45) is 0 Å². The van der Waals surface area contributed by atoms with E-state index in [1.807, 2.05) is 18.7 Å². The monoisotopic (exact) mass is 292 g/mol. The summed E-state index contributed by atoms with van der Waals surface area (Å²) in [5, 5.41) is 0.640. The molecule has 0 amide bonds. The van der Waals surface area contributed by atoms with E-state index in [4.69, 9.17) is 4.74 Å². The van der Waals surface area contributed by atoms with Gasteiger partial charge in [-0.05, 0) is 13.8 Å². The second kappa shape index (κ2) is 6.57. The Balaban J connectivity index is 2.88. The van der Waals surface area contributed by atoms with Gasteiger partial charge in [0.05, 0.1) is 0 Å². The summed E-state index contributed by atoms with van der Waals surface area (Å²) < 4.78 is 18.2. The van der Waals surface area contributed by atoms with E-state index in [-0.39, 0.29) is 6.01 Å². The lowest BCUT2D eigenvalue weighted by Crippen LogP contribution is -2.25. The zero-order chi connectivity index (χ0) is 12.0. The summed E-state index contributed by atoms with van der Waals surface area (Å²) in [6.07, 6.45) is -0.818. The summed E-state index contributed by atoms with van der Waals surface area (Å²) in [5.74, 6) is 0.307. The third kappa shape index (κ3) is 3.55. The second-order valence-corrected chi connectivity index (χ2v) is 3.69. The fourth-order valence-corrected chi connectivity index (χ4v) is 1.33. The van der Waals surface area contributed by atoms with E-state index in [1.54, 1.807) is 0 Å². The van der Waals surface area contributed by atoms with E-state index in [9.17, 15) is 4.39 Å². The lowest BCUT2D eigenvalue weighted by atomic mass is 10.5. The van der Waals surface area contributed by atoms with Crippen LogP contribution in [0, 0.1) is 6.08 Å². The topological polar surface area (TPSA) is 51.1 Å². The lowest BCUT2D eigenvalue weighted by Gasteiger charge is -2.18. The molecule has 90 valence electrons. The summed E-state index contributed by atoms with van der Waals surface area (Å²) in [7, 11) is 0. The van der Waals surface area contributed by atoms with E-state index in [0.29, 0.717) is 31.0 Å². The molecule has 0 unspecified atom stereocenters. The van der Waals surface area contributed by atoms with Gasteiger partial charge in [0.2, 0.25) is 5.95 Å². The van der Waals surface area contributed by atoms with Crippen molar-refractivity contribution in [3.05, 3.63) is 6.08 Å². The van der Waals surface area contributed by atoms with Crippen LogP contribution in [0.4, 0.5) is 10.3 Å². The highest BCUT2D eigenvalue weighted by atomic mass is 79.9. The number of anilines is 1. The van der Waals surface area contributed by atoms with Crippen molar-refractivity contribution in [3.63, 3.8) is 0 Å². The Kier molecular flexibility index (Phi) is 5.37. The molecule has 0 aromatic carbocycles. The molecule has 0 aliphatic rings. The Morgan fingerprint density at radius 2 is 1.94 bits per heavy atom. The molecule has 0 aliphatic carbocycles. The predicted octanol–water partition coefficient (Wildman–Crippen LogP) is 1.63. The molecule has 16 heavy (non-hydrogen) atoms. The van der Waals surface area contributed by atoms with Gasteiger partial charge < -0.3 is 9.64 Å². The normalized spacial score (nSPS) is 10.2. The van der Waals surface area contributed by atoms with Crippen LogP contribution in [0.3, 0.4) is 0 Å². The van der Waals surface area contributed by atoms with Crippen LogP contribution in [0.25, 0.3) is 0 Å². The molecule has 0 radical (unpaired) electrons. The van der Waals surface area contributed by atoms with Gasteiger partial charge in [-0.15, -0.1) is 4.98 Å². The molecule has 1 heterocycles. The largest absolute Gasteiger partial charge is 0.462 e. The highest BCUT2D eigenvalue weighted by molar-refractivity contribution is 9.09. The maximum atomic E-state index is 13.1. The van der Waals surface area contributed by atoms with Gasteiger partial charge in [0.1, 0.15) is 6.61 Å². The van der Waals surface area contributed by atoms with Crippen LogP contribution in [0.15, 0.2) is 0 Å². The molecule has 0 N–H and O–H groups in total. The number of alkyl halides is 1. The summed E-state index contributed by atoms with van der Waals surface area (Å²) in [6.45, 7) is 5.70. The maximum Gasteiger partial charge on any atom is 0.323 e. The number of ether oxygens (including phenoxy) is 1. The van der Waals surface area contributed by atoms with E-state index in [2.05, 4.69) is 30.9 Å². The molecule has 0 saturated heterocycles. The first-order valence-electron chi connectivity index (χ1n) is 5.06. The van der Waals surface area contributed by atoms with Crippen LogP contribution >= 0.6 is 15.9 Å². The quantitative estimate of drug-likeness (QED) is 0.746. The summed E-state index contributed by atoms with van der Waals surface area (Å²) in [5.41, 5.74) is 0. The summed E-state index contributed by atoms with van der Waals surface area (Å²) >= 11 is 3.20. The number of hydrogen-bond donors (Lipinski definition) is 0. The minimum Gasteiger partial charge on any atom is -0.462 e. The van der Waals surface area contributed by atoms with Gasteiger partial charge >= 0.3 is 12.1 Å². The van der Waals surface area contributed by atoms with E-state index >= 15 is 0 Å². The average Bonchev–Trinajstić information content (AvgIpc) is 2.27. The van der Waals surface area contributed by atoms with Gasteiger partial charge in [-0.2, -0.15) is 14.4 Å². The van der Waals surface area contributed by atoms with Gasteiger partial charge in [-0.1, -0.05) is 15.9 Å². The van der Waals surface area contributed by atoms with Gasteiger partial charge in [-0.25, -0.2) is 0 Å². The number of rotatable bonds is 6. The van der Waals surface area contributed by atoms with E-state index in [1.165, 1.54) is 0 Å². The fraction of sp³-hybridized carbons (Fsp3) is 0.667. The maximum absolute atomic E-state index is 13.1. The highest BCUT2D eigenvalue weighted by Gasteiger charge is 2.11. The minimum atomic E-state index is -0.818. The molecule has 1 rings (SSSR count). The molecule has 0 aliphatic heterocycles. The standard InChI is InChI=1S/C9H14BrFN4O/c1-3-15(4-2)8-12-7(11)13-9(14-8)16-6-5-10/h3-6H2,1-2H3. The Hall–Kier alpha value is -0.980. The van der Waals surface area contributed by atoms with Crippen LogP contribution in [-0.2, 0) is 0 Å². The third-order valence-electron chi connectivity index (χ3n) is 1.93. The van der Waals surface area contributed by atoms with Crippen molar-refractivity contribution in [2.75, 3.05) is 29.9 Å². The van der Waals surface area contributed by atoms with Gasteiger partial charge in [0, 0.05) is 18.4 Å². The first kappa shape index (κ1) is 13.1. The number of halogens is 2. The first-order chi connectivity index (χ1) is 7.71. The molecule has 1 aromatic rings. The molecule has 7 heteroatoms. The summed E-state index contributed by atoms with van der Waals surface area (Å²) in [4.78, 5) is 13.0. The van der Waals surface area contributed by atoms with Crippen molar-refractivity contribution < 1.29 is 9.13 Å². The smallest absolute Gasteiger partial charge is 0.323 e. The lowest BCUT2D eigenvalue weighted by molar-refractivity contribution is 0.306. The van der Waals surface area contributed by atoms with Gasteiger partial charge in [0.25, 0.3) is 0 Å². The van der Waals surface area contributed by atoms with Crippen molar-refractivity contribution in [3.8, 4) is 6.01 Å². The summed E-state index contributed by atoms with van der Waals surface area (Å²) in [6, 6.07) is 0.0221. The second-order valence-electron chi connectivity index (χ2n) is 2.90. The average molecular weight is 293 g/mol. The Morgan fingerprint density at radius 3 is 2.50 bits per heavy atom. The van der Waals surface area contributed by atoms with E-state index < -0.39 is 6.08 Å². The third-order valence-corrected chi connectivity index (χ3v) is 2.25. The highest BCUT2D eigenvalue weighted by Crippen LogP contribution is 2.11. The SMILES string of the molecule is CCN(CC)c1nc(F)nc(OCCBr)n1. The first-order valence-corrected chi connectivity index (χ1v) is 6.18. The molecule has 1 aromatic heterocycles. The van der Waals surface area contributed by atoms with Crippen LogP contribution in [0.5, 0.6) is 6.01 Å². The molecule has 0 saturated carbocycles. The van der Waals surface area contributed by atoms with Crippen LogP contribution < -0.4 is 9.64 Å². The van der Waals surface area contributed by atoms with Crippen LogP contribution in [-0.4, -0.2) is 40.0 Å². The minimum absolute atomic E-state index is 0.0221. The fourth-order valence-electron chi connectivity index (χ4n) is 1.16. The van der Waals surface area contributed by atoms with Gasteiger partial charge in [0.15, 0.2) is 0 Å². The number of hydrogen-bond acceptors (Lipinski definition) is 5. The number of nitrogens with zero attached hydrogens (tertiary/aromatic N) is 4. The zero-order valence-electron chi connectivity index (χ0n) is 9.28. The van der Waals surface area contributed by atoms with Crippen molar-refractivity contribution in [1.29, 1.82) is 0 Å².